The molecular weight excluding hydrogens is 538 g/mol. The number of anilines is 1. The molecule has 0 aliphatic carbocycles. The van der Waals surface area contributed by atoms with Gasteiger partial charge in [-0.25, -0.2) is 0 Å². The van der Waals surface area contributed by atoms with E-state index >= 15 is 0 Å². The number of ether oxygens (including phenoxy) is 2. The molecule has 5 rings (SSSR count). The predicted molar refractivity (Wildman–Crippen MR) is 154 cm³/mol. The van der Waals surface area contributed by atoms with Crippen molar-refractivity contribution in [1.29, 1.82) is 0 Å². The summed E-state index contributed by atoms with van der Waals surface area (Å²) in [5.74, 6) is 0.970. The van der Waals surface area contributed by atoms with Gasteiger partial charge in [0.1, 0.15) is 11.5 Å². The molecule has 11 heteroatoms. The summed E-state index contributed by atoms with van der Waals surface area (Å²) in [4.78, 5) is 17.6. The molecule has 0 saturated carbocycles. The minimum Gasteiger partial charge on any atom is -0.495 e. The van der Waals surface area contributed by atoms with Crippen LogP contribution in [-0.2, 0) is 0 Å². The minimum atomic E-state index is -0.437. The van der Waals surface area contributed by atoms with Gasteiger partial charge in [0.2, 0.25) is 0 Å². The molecule has 1 fully saturated rings. The zero-order valence-electron chi connectivity index (χ0n) is 21.7. The van der Waals surface area contributed by atoms with Gasteiger partial charge in [-0.15, -0.1) is 0 Å². The summed E-state index contributed by atoms with van der Waals surface area (Å²) in [6.45, 7) is 4.00. The quantitative estimate of drug-likeness (QED) is 0.160. The van der Waals surface area contributed by atoms with E-state index in [1.54, 1.807) is 19.4 Å². The zero-order valence-corrected chi connectivity index (χ0v) is 23.3. The minimum absolute atomic E-state index is 0.0404. The van der Waals surface area contributed by atoms with Crippen molar-refractivity contribution < 1.29 is 14.4 Å². The van der Waals surface area contributed by atoms with Gasteiger partial charge in [-0.3, -0.25) is 15.1 Å². The van der Waals surface area contributed by atoms with Crippen LogP contribution in [0.4, 0.5) is 11.4 Å². The van der Waals surface area contributed by atoms with Gasteiger partial charge >= 0.3 is 0 Å². The monoisotopic (exact) mass is 563 g/mol. The fourth-order valence-corrected chi connectivity index (χ4v) is 5.77. The van der Waals surface area contributed by atoms with E-state index in [0.29, 0.717) is 27.3 Å². The number of nitro benzene ring substituents is 1. The third-order valence-corrected chi connectivity index (χ3v) is 7.53. The molecule has 0 bridgehead atoms. The second kappa shape index (κ2) is 10.5. The predicted octanol–water partition coefficient (Wildman–Crippen LogP) is 6.25. The first-order valence-electron chi connectivity index (χ1n) is 12.1. The number of thiocarbonyl (C=S) groups is 1. The van der Waals surface area contributed by atoms with Gasteiger partial charge in [0, 0.05) is 29.3 Å². The maximum atomic E-state index is 11.4. The first kappa shape index (κ1) is 26.5. The van der Waals surface area contributed by atoms with E-state index in [1.807, 2.05) is 59.7 Å². The standard InChI is InChI=1S/C28H26ClN5O4S/c1-16-13-20(17(2)32(16)23-10-8-19(34(35)36)15-25(23)38-4)27-26(22-7-5-6-12-30-22)31-28(39)33(27)18-9-11-24(37-3)21(29)14-18/h5-15,26-27H,1-4H3,(H,31,39)/t26-,27+/m1/s1. The number of hydrogen-bond acceptors (Lipinski definition) is 6. The maximum Gasteiger partial charge on any atom is 0.273 e. The number of nitrogens with one attached hydrogen (secondary N) is 1. The number of nitro groups is 1. The highest BCUT2D eigenvalue weighted by molar-refractivity contribution is 7.80. The van der Waals surface area contributed by atoms with Gasteiger partial charge in [0.15, 0.2) is 5.11 Å². The third-order valence-electron chi connectivity index (χ3n) is 6.92. The Morgan fingerprint density at radius 3 is 2.46 bits per heavy atom. The lowest BCUT2D eigenvalue weighted by Crippen LogP contribution is -2.29. The van der Waals surface area contributed by atoms with Crippen molar-refractivity contribution in [2.24, 2.45) is 0 Å². The lowest BCUT2D eigenvalue weighted by atomic mass is 9.96. The van der Waals surface area contributed by atoms with E-state index in [1.165, 1.54) is 19.2 Å². The van der Waals surface area contributed by atoms with Crippen LogP contribution in [0.2, 0.25) is 5.02 Å². The van der Waals surface area contributed by atoms with Crippen molar-refractivity contribution in [1.82, 2.24) is 14.9 Å². The van der Waals surface area contributed by atoms with E-state index < -0.39 is 4.92 Å². The van der Waals surface area contributed by atoms with E-state index in [-0.39, 0.29) is 17.8 Å². The smallest absolute Gasteiger partial charge is 0.273 e. The second-order valence-electron chi connectivity index (χ2n) is 9.09. The van der Waals surface area contributed by atoms with Crippen LogP contribution in [0.1, 0.15) is 34.7 Å². The average molecular weight is 564 g/mol. The Balaban J connectivity index is 1.69. The van der Waals surface area contributed by atoms with Gasteiger partial charge in [-0.1, -0.05) is 17.7 Å². The topological polar surface area (TPSA) is 94.7 Å². The average Bonchev–Trinajstić information content (AvgIpc) is 3.43. The van der Waals surface area contributed by atoms with Crippen molar-refractivity contribution in [3.8, 4) is 17.2 Å². The lowest BCUT2D eigenvalue weighted by molar-refractivity contribution is -0.384. The molecule has 0 unspecified atom stereocenters. The number of aromatic nitrogens is 2. The normalized spacial score (nSPS) is 16.7. The first-order chi connectivity index (χ1) is 18.7. The molecule has 0 amide bonds. The van der Waals surface area contributed by atoms with Gasteiger partial charge in [-0.2, -0.15) is 0 Å². The van der Waals surface area contributed by atoms with Crippen LogP contribution in [-0.4, -0.2) is 33.8 Å². The molecule has 39 heavy (non-hydrogen) atoms. The molecule has 2 atom stereocenters. The van der Waals surface area contributed by atoms with Crippen LogP contribution in [0.3, 0.4) is 0 Å². The molecule has 2 aromatic heterocycles. The molecule has 0 spiro atoms. The highest BCUT2D eigenvalue weighted by Crippen LogP contribution is 2.45. The SMILES string of the molecule is COc1ccc(N2C(=S)N[C@H](c3ccccn3)[C@@H]2c2cc(C)n(-c3ccc([N+](=O)[O-])cc3OC)c2C)cc1Cl. The Hall–Kier alpha value is -4.15. The van der Waals surface area contributed by atoms with Crippen LogP contribution in [0.5, 0.6) is 11.5 Å². The van der Waals surface area contributed by atoms with Gasteiger partial charge < -0.3 is 24.3 Å². The van der Waals surface area contributed by atoms with Gasteiger partial charge in [-0.05, 0) is 74.1 Å². The largest absolute Gasteiger partial charge is 0.495 e. The number of pyridine rings is 1. The first-order valence-corrected chi connectivity index (χ1v) is 12.9. The van der Waals surface area contributed by atoms with E-state index in [0.717, 1.165) is 28.3 Å². The number of aryl methyl sites for hydroxylation is 1. The highest BCUT2D eigenvalue weighted by atomic mass is 35.5. The van der Waals surface area contributed by atoms with Crippen LogP contribution in [0.15, 0.2) is 66.9 Å². The number of non-ortho nitro benzene ring substituents is 1. The number of benzene rings is 2. The van der Waals surface area contributed by atoms with Crippen molar-refractivity contribution in [3.05, 3.63) is 105 Å². The lowest BCUT2D eigenvalue weighted by Gasteiger charge is -2.28. The summed E-state index contributed by atoms with van der Waals surface area (Å²) in [5, 5.41) is 15.8. The van der Waals surface area contributed by atoms with Crippen molar-refractivity contribution in [2.45, 2.75) is 25.9 Å². The van der Waals surface area contributed by atoms with Gasteiger partial charge in [0.05, 0.1) is 53.7 Å². The number of halogens is 1. The molecule has 1 aliphatic heterocycles. The molecular formula is C28H26ClN5O4S. The van der Waals surface area contributed by atoms with E-state index in [9.17, 15) is 10.1 Å². The third kappa shape index (κ3) is 4.66. The summed E-state index contributed by atoms with van der Waals surface area (Å²) >= 11 is 12.4. The van der Waals surface area contributed by atoms with Crippen molar-refractivity contribution in [3.63, 3.8) is 0 Å². The zero-order chi connectivity index (χ0) is 27.8. The van der Waals surface area contributed by atoms with Gasteiger partial charge in [0.25, 0.3) is 5.69 Å². The second-order valence-corrected chi connectivity index (χ2v) is 9.88. The van der Waals surface area contributed by atoms with Crippen LogP contribution >= 0.6 is 23.8 Å². The fraction of sp³-hybridized carbons (Fsp3) is 0.214. The number of hydrogen-bond donors (Lipinski definition) is 1. The van der Waals surface area contributed by atoms with Crippen molar-refractivity contribution >= 4 is 40.3 Å². The molecule has 2 aromatic carbocycles. The molecule has 3 heterocycles. The highest BCUT2D eigenvalue weighted by Gasteiger charge is 2.42. The Morgan fingerprint density at radius 2 is 1.82 bits per heavy atom. The Labute approximate surface area is 236 Å². The van der Waals surface area contributed by atoms with Crippen LogP contribution in [0.25, 0.3) is 5.69 Å². The summed E-state index contributed by atoms with van der Waals surface area (Å²) in [6, 6.07) is 17.5. The molecule has 1 N–H and O–H groups in total. The Morgan fingerprint density at radius 1 is 1.05 bits per heavy atom. The molecule has 1 aliphatic rings. The van der Waals surface area contributed by atoms with Crippen molar-refractivity contribution in [2.75, 3.05) is 19.1 Å². The maximum absolute atomic E-state index is 11.4. The summed E-state index contributed by atoms with van der Waals surface area (Å²) < 4.78 is 13.0. The molecule has 200 valence electrons. The van der Waals surface area contributed by atoms with Crippen LogP contribution < -0.4 is 19.7 Å². The number of nitrogens with zero attached hydrogens (tertiary/aromatic N) is 4. The van der Waals surface area contributed by atoms with Crippen LogP contribution in [0, 0.1) is 24.0 Å². The van der Waals surface area contributed by atoms with E-state index in [4.69, 9.17) is 33.3 Å². The molecule has 9 nitrogen and oxygen atoms in total. The number of rotatable bonds is 7. The summed E-state index contributed by atoms with van der Waals surface area (Å²) in [7, 11) is 3.08. The Kier molecular flexibility index (Phi) is 7.16. The number of methoxy groups -OCH3 is 2. The summed E-state index contributed by atoms with van der Waals surface area (Å²) in [6.07, 6.45) is 1.76. The molecule has 0 radical (unpaired) electrons. The summed E-state index contributed by atoms with van der Waals surface area (Å²) in [5.41, 5.74) is 5.17. The fourth-order valence-electron chi connectivity index (χ4n) is 5.18. The van der Waals surface area contributed by atoms with E-state index in [2.05, 4.69) is 16.4 Å². The molecule has 4 aromatic rings. The molecule has 1 saturated heterocycles. The Bertz CT molecular complexity index is 1580.